The van der Waals surface area contributed by atoms with Gasteiger partial charge in [-0.1, -0.05) is 0 Å². The second kappa shape index (κ2) is 4.78. The molecular formula is C13H23NO4. The summed E-state index contributed by atoms with van der Waals surface area (Å²) in [5.74, 6) is -0.835. The summed E-state index contributed by atoms with van der Waals surface area (Å²) in [6.07, 6.45) is 0.956. The molecule has 1 N–H and O–H groups in total. The minimum atomic E-state index is -0.835. The molecule has 1 amide bonds. The second-order valence-electron chi connectivity index (χ2n) is 6.51. The van der Waals surface area contributed by atoms with Crippen LogP contribution in [0.15, 0.2) is 0 Å². The number of hydrogen-bond donors (Lipinski definition) is 1. The zero-order valence-corrected chi connectivity index (χ0v) is 11.8. The lowest BCUT2D eigenvalue weighted by Gasteiger charge is -2.43. The van der Waals surface area contributed by atoms with Gasteiger partial charge < -0.3 is 14.7 Å². The van der Waals surface area contributed by atoms with Crippen LogP contribution in [-0.4, -0.2) is 40.3 Å². The third-order valence-corrected chi connectivity index (χ3v) is 3.10. The highest BCUT2D eigenvalue weighted by Crippen LogP contribution is 2.32. The molecule has 0 aromatic heterocycles. The number of likely N-dealkylation sites (tertiary alicyclic amines) is 1. The van der Waals surface area contributed by atoms with Gasteiger partial charge in [0.1, 0.15) is 5.60 Å². The SMILES string of the molecule is CC(C)(C)OC(=O)N1CCC1CC(C)(C)C(=O)O. The lowest BCUT2D eigenvalue weighted by atomic mass is 9.82. The zero-order chi connectivity index (χ0) is 14.1. The zero-order valence-electron chi connectivity index (χ0n) is 11.8. The van der Waals surface area contributed by atoms with Crippen molar-refractivity contribution in [2.45, 2.75) is 59.1 Å². The number of carboxylic acid groups (broad SMARTS) is 1. The number of hydrogen-bond acceptors (Lipinski definition) is 3. The quantitative estimate of drug-likeness (QED) is 0.843. The molecule has 5 nitrogen and oxygen atoms in total. The number of ether oxygens (including phenoxy) is 1. The van der Waals surface area contributed by atoms with E-state index in [1.165, 1.54) is 0 Å². The van der Waals surface area contributed by atoms with Crippen LogP contribution in [0.3, 0.4) is 0 Å². The molecule has 1 unspecified atom stereocenters. The number of rotatable bonds is 3. The number of nitrogens with zero attached hydrogens (tertiary/aromatic N) is 1. The van der Waals surface area contributed by atoms with Crippen LogP contribution in [0, 0.1) is 5.41 Å². The molecule has 1 aliphatic rings. The first kappa shape index (κ1) is 14.8. The van der Waals surface area contributed by atoms with Gasteiger partial charge in [0, 0.05) is 12.6 Å². The van der Waals surface area contributed by atoms with E-state index in [4.69, 9.17) is 9.84 Å². The van der Waals surface area contributed by atoms with E-state index in [2.05, 4.69) is 0 Å². The Morgan fingerprint density at radius 2 is 1.83 bits per heavy atom. The Hall–Kier alpha value is -1.26. The van der Waals surface area contributed by atoms with Gasteiger partial charge in [0.2, 0.25) is 0 Å². The van der Waals surface area contributed by atoms with Gasteiger partial charge in [-0.15, -0.1) is 0 Å². The van der Waals surface area contributed by atoms with Gasteiger partial charge in [-0.3, -0.25) is 4.79 Å². The van der Waals surface area contributed by atoms with Crippen LogP contribution in [0.1, 0.15) is 47.5 Å². The predicted molar refractivity (Wildman–Crippen MR) is 67.4 cm³/mol. The predicted octanol–water partition coefficient (Wildman–Crippen LogP) is 2.50. The fourth-order valence-electron chi connectivity index (χ4n) is 1.89. The Bertz CT molecular complexity index is 343. The van der Waals surface area contributed by atoms with Gasteiger partial charge in [0.15, 0.2) is 0 Å². The molecule has 18 heavy (non-hydrogen) atoms. The van der Waals surface area contributed by atoms with Crippen molar-refractivity contribution in [1.82, 2.24) is 4.90 Å². The van der Waals surface area contributed by atoms with Crippen molar-refractivity contribution in [3.63, 3.8) is 0 Å². The molecule has 0 radical (unpaired) electrons. The maximum absolute atomic E-state index is 11.9. The topological polar surface area (TPSA) is 66.8 Å². The Morgan fingerprint density at radius 3 is 2.17 bits per heavy atom. The van der Waals surface area contributed by atoms with Gasteiger partial charge in [-0.05, 0) is 47.5 Å². The number of carbonyl (C=O) groups is 2. The molecule has 1 heterocycles. The third kappa shape index (κ3) is 3.62. The van der Waals surface area contributed by atoms with Crippen molar-refractivity contribution in [3.05, 3.63) is 0 Å². The van der Waals surface area contributed by atoms with Crippen LogP contribution in [0.5, 0.6) is 0 Å². The van der Waals surface area contributed by atoms with Gasteiger partial charge >= 0.3 is 12.1 Å². The van der Waals surface area contributed by atoms with Crippen LogP contribution >= 0.6 is 0 Å². The number of amides is 1. The van der Waals surface area contributed by atoms with Crippen LogP contribution < -0.4 is 0 Å². The third-order valence-electron chi connectivity index (χ3n) is 3.10. The summed E-state index contributed by atoms with van der Waals surface area (Å²) < 4.78 is 5.29. The highest BCUT2D eigenvalue weighted by molar-refractivity contribution is 5.74. The molecule has 1 atom stereocenters. The highest BCUT2D eigenvalue weighted by atomic mass is 16.6. The lowest BCUT2D eigenvalue weighted by Crippen LogP contribution is -2.54. The van der Waals surface area contributed by atoms with Crippen LogP contribution in [0.25, 0.3) is 0 Å². The van der Waals surface area contributed by atoms with E-state index in [9.17, 15) is 9.59 Å². The fourth-order valence-corrected chi connectivity index (χ4v) is 1.89. The Kier molecular flexibility index (Phi) is 3.93. The summed E-state index contributed by atoms with van der Waals surface area (Å²) >= 11 is 0. The molecule has 0 aromatic rings. The summed E-state index contributed by atoms with van der Waals surface area (Å²) in [7, 11) is 0. The van der Waals surface area contributed by atoms with E-state index in [0.717, 1.165) is 6.42 Å². The maximum atomic E-state index is 11.9. The Morgan fingerprint density at radius 1 is 1.28 bits per heavy atom. The average molecular weight is 257 g/mol. The minimum Gasteiger partial charge on any atom is -0.481 e. The first-order valence-electron chi connectivity index (χ1n) is 6.26. The van der Waals surface area contributed by atoms with Crippen LogP contribution in [0.2, 0.25) is 0 Å². The average Bonchev–Trinajstić information content (AvgIpc) is 2.09. The summed E-state index contributed by atoms with van der Waals surface area (Å²) in [6, 6.07) is -0.0223. The maximum Gasteiger partial charge on any atom is 0.410 e. The van der Waals surface area contributed by atoms with Gasteiger partial charge in [0.25, 0.3) is 0 Å². The smallest absolute Gasteiger partial charge is 0.410 e. The minimum absolute atomic E-state index is 0.0223. The van der Waals surface area contributed by atoms with Crippen LogP contribution in [-0.2, 0) is 9.53 Å². The molecule has 0 spiro atoms. The molecule has 0 aromatic carbocycles. The Labute approximate surface area is 108 Å². The van der Waals surface area contributed by atoms with E-state index in [1.807, 2.05) is 20.8 Å². The monoisotopic (exact) mass is 257 g/mol. The number of carboxylic acids is 1. The largest absolute Gasteiger partial charge is 0.481 e. The molecule has 0 bridgehead atoms. The van der Waals surface area contributed by atoms with Gasteiger partial charge in [-0.25, -0.2) is 4.79 Å². The molecule has 0 aliphatic carbocycles. The van der Waals surface area contributed by atoms with E-state index in [-0.39, 0.29) is 12.1 Å². The van der Waals surface area contributed by atoms with E-state index in [1.54, 1.807) is 18.7 Å². The van der Waals surface area contributed by atoms with Gasteiger partial charge in [0.05, 0.1) is 5.41 Å². The summed E-state index contributed by atoms with van der Waals surface area (Å²) in [5.41, 5.74) is -1.33. The van der Waals surface area contributed by atoms with E-state index < -0.39 is 17.0 Å². The summed E-state index contributed by atoms with van der Waals surface area (Å²) in [4.78, 5) is 24.6. The molecule has 104 valence electrons. The van der Waals surface area contributed by atoms with Crippen molar-refractivity contribution < 1.29 is 19.4 Å². The molecule has 5 heteroatoms. The van der Waals surface area contributed by atoms with Crippen molar-refractivity contribution in [2.75, 3.05) is 6.54 Å². The summed E-state index contributed by atoms with van der Waals surface area (Å²) in [5, 5.41) is 9.09. The van der Waals surface area contributed by atoms with Crippen LogP contribution in [0.4, 0.5) is 4.79 Å². The number of carbonyl (C=O) groups excluding carboxylic acids is 1. The molecular weight excluding hydrogens is 234 g/mol. The first-order chi connectivity index (χ1) is 8.03. The molecule has 0 saturated carbocycles. The number of aliphatic carboxylic acids is 1. The molecule has 1 rings (SSSR count). The molecule has 1 saturated heterocycles. The first-order valence-corrected chi connectivity index (χ1v) is 6.26. The lowest BCUT2D eigenvalue weighted by molar-refractivity contribution is -0.148. The second-order valence-corrected chi connectivity index (χ2v) is 6.51. The van der Waals surface area contributed by atoms with Crippen molar-refractivity contribution >= 4 is 12.1 Å². The highest BCUT2D eigenvalue weighted by Gasteiger charge is 2.40. The van der Waals surface area contributed by atoms with Gasteiger partial charge in [-0.2, -0.15) is 0 Å². The summed E-state index contributed by atoms with van der Waals surface area (Å²) in [6.45, 7) is 9.47. The molecule has 1 aliphatic heterocycles. The normalized spacial score (nSPS) is 20.3. The van der Waals surface area contributed by atoms with E-state index >= 15 is 0 Å². The van der Waals surface area contributed by atoms with Crippen molar-refractivity contribution in [2.24, 2.45) is 5.41 Å². The molecule has 1 fully saturated rings. The Balaban J connectivity index is 2.56. The fraction of sp³-hybridized carbons (Fsp3) is 0.846. The van der Waals surface area contributed by atoms with Crippen molar-refractivity contribution in [1.29, 1.82) is 0 Å². The standard InChI is InChI=1S/C13H23NO4/c1-12(2,3)18-11(17)14-7-6-9(14)8-13(4,5)10(15)16/h9H,6-8H2,1-5H3,(H,15,16). The van der Waals surface area contributed by atoms with Crippen molar-refractivity contribution in [3.8, 4) is 0 Å². The van der Waals surface area contributed by atoms with E-state index in [0.29, 0.717) is 13.0 Å².